The van der Waals surface area contributed by atoms with Gasteiger partial charge >= 0.3 is 18.1 Å². The van der Waals surface area contributed by atoms with E-state index < -0.39 is 150 Å². The predicted molar refractivity (Wildman–Crippen MR) is 404 cm³/mol. The molecule has 0 bridgehead atoms. The number of nitrogens with two attached hydrogens (primary N) is 1. The maximum absolute atomic E-state index is 14.7. The molecule has 13 amide bonds. The van der Waals surface area contributed by atoms with Gasteiger partial charge in [0.05, 0.1) is 55.4 Å². The smallest absolute Gasteiger partial charge is 0.410 e. The van der Waals surface area contributed by atoms with Crippen molar-refractivity contribution in [2.24, 2.45) is 41.2 Å². The van der Waals surface area contributed by atoms with Gasteiger partial charge in [0.15, 0.2) is 0 Å². The van der Waals surface area contributed by atoms with E-state index in [1.807, 2.05) is 51.1 Å². The SMILES string of the molecule is CC[C@H](C)[C@@H]([C@@H](CC(=O)NCCC[C@@H]1C[C@@]1(OC)[C@@H](C)C(=O)N[C@H](C)[C@@H](O)c1ccccc1)OC)N(C)C(=O)[C@@H](NC(=O)[C@H](C(C)C)N(C)C(=O)OCc1ccc(NC(=O)[C@H](CCCNC(N)=O)NC(=O)[C@@H](NC(=O)COCCN(CCOCC(=O)O)C(=O)CCCCCN2C(=O)C=CC2=O)C(C)C)cc1)C(C)C. The molecule has 1 saturated carbocycles. The van der Waals surface area contributed by atoms with E-state index in [4.69, 9.17) is 34.5 Å². The van der Waals surface area contributed by atoms with Crippen molar-refractivity contribution in [1.82, 2.24) is 51.5 Å². The van der Waals surface area contributed by atoms with E-state index in [2.05, 4.69) is 37.2 Å². The average molecular weight is 1530 g/mol. The number of nitrogens with zero attached hydrogens (tertiary/aromatic N) is 4. The van der Waals surface area contributed by atoms with Crippen molar-refractivity contribution in [3.63, 3.8) is 0 Å². The third-order valence-electron chi connectivity index (χ3n) is 20.0. The lowest BCUT2D eigenvalue weighted by molar-refractivity contribution is -0.144. The summed E-state index contributed by atoms with van der Waals surface area (Å²) in [4.78, 5) is 176. The summed E-state index contributed by atoms with van der Waals surface area (Å²) in [5, 5.41) is 39.3. The molecule has 4 rings (SSSR count). The monoisotopic (exact) mass is 1530 g/mol. The number of aliphatic hydroxyl groups excluding tert-OH is 1. The Bertz CT molecular complexity index is 3340. The van der Waals surface area contributed by atoms with Crippen molar-refractivity contribution >= 4 is 82.9 Å². The highest BCUT2D eigenvalue weighted by Crippen LogP contribution is 2.54. The van der Waals surface area contributed by atoms with Gasteiger partial charge in [-0.1, -0.05) is 118 Å². The van der Waals surface area contributed by atoms with E-state index in [1.165, 1.54) is 36.1 Å². The van der Waals surface area contributed by atoms with Crippen LogP contribution in [-0.4, -0.2) is 242 Å². The Morgan fingerprint density at radius 2 is 1.30 bits per heavy atom. The first-order valence-electron chi connectivity index (χ1n) is 37.7. The zero-order valence-corrected chi connectivity index (χ0v) is 65.9. The lowest BCUT2D eigenvalue weighted by Crippen LogP contribution is -2.60. The summed E-state index contributed by atoms with van der Waals surface area (Å²) in [6, 6.07) is 8.95. The van der Waals surface area contributed by atoms with E-state index in [0.717, 1.165) is 9.80 Å². The first-order valence-corrected chi connectivity index (χ1v) is 37.7. The third kappa shape index (κ3) is 29.7. The summed E-state index contributed by atoms with van der Waals surface area (Å²) in [6.07, 6.45) is 4.23. The second-order valence-electron chi connectivity index (χ2n) is 29.1. The Labute approximate surface area is 640 Å². The van der Waals surface area contributed by atoms with Crippen LogP contribution in [0.25, 0.3) is 0 Å². The molecule has 32 heteroatoms. The normalized spacial score (nSPS) is 17.3. The van der Waals surface area contributed by atoms with Crippen LogP contribution >= 0.6 is 0 Å². The largest absolute Gasteiger partial charge is 0.480 e. The van der Waals surface area contributed by atoms with Crippen LogP contribution in [0.2, 0.25) is 0 Å². The van der Waals surface area contributed by atoms with Crippen molar-refractivity contribution in [3.8, 4) is 0 Å². The molecule has 608 valence electrons. The third-order valence-corrected chi connectivity index (χ3v) is 20.0. The van der Waals surface area contributed by atoms with Crippen molar-refractivity contribution in [2.75, 3.05) is 92.8 Å². The number of hydrogen-bond donors (Lipinski definition) is 10. The Morgan fingerprint density at radius 3 is 1.88 bits per heavy atom. The van der Waals surface area contributed by atoms with Crippen molar-refractivity contribution in [3.05, 3.63) is 77.9 Å². The van der Waals surface area contributed by atoms with Gasteiger partial charge in [-0.2, -0.15) is 0 Å². The average Bonchev–Trinajstić information content (AvgIpc) is 1.58. The van der Waals surface area contributed by atoms with Crippen LogP contribution in [0.4, 0.5) is 15.3 Å². The zero-order valence-electron chi connectivity index (χ0n) is 65.9. The number of aliphatic hydroxyl groups is 1. The number of benzene rings is 2. The van der Waals surface area contributed by atoms with Gasteiger partial charge in [0.25, 0.3) is 11.8 Å². The molecule has 1 heterocycles. The maximum Gasteiger partial charge on any atom is 0.410 e. The molecule has 0 radical (unpaired) electrons. The summed E-state index contributed by atoms with van der Waals surface area (Å²) in [5.41, 5.74) is 6.08. The highest BCUT2D eigenvalue weighted by molar-refractivity contribution is 6.12. The molecule has 1 aliphatic carbocycles. The summed E-state index contributed by atoms with van der Waals surface area (Å²) in [7, 11) is 6.13. The molecule has 0 spiro atoms. The summed E-state index contributed by atoms with van der Waals surface area (Å²) < 4.78 is 28.4. The van der Waals surface area contributed by atoms with Crippen LogP contribution in [0, 0.1) is 35.5 Å². The minimum Gasteiger partial charge on any atom is -0.480 e. The molecular weight excluding hydrogens is 1410 g/mol. The number of carboxylic acid groups (broad SMARTS) is 1. The highest BCUT2D eigenvalue weighted by Gasteiger charge is 2.60. The summed E-state index contributed by atoms with van der Waals surface area (Å²) in [6.45, 7) is 17.0. The number of imide groups is 1. The molecule has 2 aromatic rings. The number of ether oxygens (including phenoxy) is 5. The number of carboxylic acids is 1. The second-order valence-corrected chi connectivity index (χ2v) is 29.1. The molecule has 1 fully saturated rings. The van der Waals surface area contributed by atoms with E-state index in [1.54, 1.807) is 86.9 Å². The van der Waals surface area contributed by atoms with Gasteiger partial charge in [-0.15, -0.1) is 0 Å². The summed E-state index contributed by atoms with van der Waals surface area (Å²) >= 11 is 0. The minimum atomic E-state index is -1.20. The lowest BCUT2D eigenvalue weighted by Gasteiger charge is -2.40. The van der Waals surface area contributed by atoms with Gasteiger partial charge in [0, 0.05) is 85.3 Å². The Hall–Kier alpha value is -9.11. The second kappa shape index (κ2) is 46.4. The van der Waals surface area contributed by atoms with E-state index in [9.17, 15) is 67.4 Å². The fraction of sp³-hybridized carbons (Fsp3) is 0.649. The number of urea groups is 1. The summed E-state index contributed by atoms with van der Waals surface area (Å²) in [5.74, 6) is -7.80. The van der Waals surface area contributed by atoms with Crippen LogP contribution in [-0.2, 0) is 83.0 Å². The number of nitrogens with one attached hydrogen (secondary N) is 7. The van der Waals surface area contributed by atoms with Crippen LogP contribution in [0.15, 0.2) is 66.7 Å². The molecule has 2 aliphatic rings. The van der Waals surface area contributed by atoms with Crippen LogP contribution in [0.3, 0.4) is 0 Å². The first kappa shape index (κ1) is 92.3. The van der Waals surface area contributed by atoms with E-state index in [0.29, 0.717) is 68.3 Å². The van der Waals surface area contributed by atoms with Gasteiger partial charge < -0.3 is 86.6 Å². The minimum absolute atomic E-state index is 0.00480. The number of amides is 13. The number of likely N-dealkylation sites (N-methyl/N-ethyl adjacent to an activating group) is 2. The van der Waals surface area contributed by atoms with Gasteiger partial charge in [-0.3, -0.25) is 57.7 Å². The first-order chi connectivity index (χ1) is 51.6. The number of hydrogen-bond acceptors (Lipinski definition) is 19. The number of methoxy groups -OCH3 is 2. The molecular formula is C77H120N12O20. The Balaban J connectivity index is 1.30. The van der Waals surface area contributed by atoms with Crippen LogP contribution in [0.1, 0.15) is 157 Å². The number of carbonyl (C=O) groups is 13. The van der Waals surface area contributed by atoms with Gasteiger partial charge in [0.2, 0.25) is 47.3 Å². The molecule has 12 atom stereocenters. The number of anilines is 1. The predicted octanol–water partition coefficient (Wildman–Crippen LogP) is 4.32. The maximum atomic E-state index is 14.7. The molecule has 0 unspecified atom stereocenters. The topological polar surface area (TPSA) is 432 Å². The fourth-order valence-corrected chi connectivity index (χ4v) is 13.3. The van der Waals surface area contributed by atoms with E-state index >= 15 is 0 Å². The standard InChI is InChI=1S/C77H120N12O20/c1-15-50(8)68(58(105-13)42-59(90)79-35-22-26-55-43-77(55,106-14)51(9)70(98)81-52(10)69(97)54-24-18-16-19-25-54)86(11)74(102)66(48(4)5)85-73(101)67(49(6)7)87(12)76(104)109-44-53-29-31-56(32-30-53)82-71(99)57(27-23-36-80-75(78)103)83-72(100)65(47(2)3)84-60(91)45-107-40-38-88(39-41-108-46-64(95)96)61(92)28-20-17-21-37-89-62(93)33-34-63(89)94/h16,18-19,24-25,29-34,47-52,55,57-58,65-69,97H,15,17,20-23,26-28,35-46H2,1-14H3,(H,79,90)(H,81,98)(H,82,99)(H,83,100)(H,84,91)(H,85,101)(H,95,96)(H3,78,80,103)/t50-,51-,52+,55+,57-,58+,65-,66-,67-,68-,69+,77+/m0/s1. The lowest BCUT2D eigenvalue weighted by atomic mass is 9.89. The molecule has 109 heavy (non-hydrogen) atoms. The zero-order chi connectivity index (χ0) is 81.2. The number of primary amides is 1. The Morgan fingerprint density at radius 1 is 0.679 bits per heavy atom. The molecule has 32 nitrogen and oxygen atoms in total. The van der Waals surface area contributed by atoms with Crippen LogP contribution in [0.5, 0.6) is 0 Å². The fourth-order valence-electron chi connectivity index (χ4n) is 13.3. The molecule has 2 aromatic carbocycles. The van der Waals surface area contributed by atoms with Crippen molar-refractivity contribution < 1.29 is 96.2 Å². The van der Waals surface area contributed by atoms with Crippen molar-refractivity contribution in [2.45, 2.75) is 201 Å². The molecule has 11 N–H and O–H groups in total. The molecule has 0 aromatic heterocycles. The number of carbonyl (C=O) groups excluding carboxylic acids is 12. The molecule has 1 aliphatic heterocycles. The number of rotatable bonds is 51. The van der Waals surface area contributed by atoms with Crippen molar-refractivity contribution in [1.29, 1.82) is 0 Å². The Kier molecular flexibility index (Phi) is 39.3. The van der Waals surface area contributed by atoms with Gasteiger partial charge in [0.1, 0.15) is 44.0 Å². The number of aliphatic carboxylic acids is 1. The highest BCUT2D eigenvalue weighted by atomic mass is 16.6. The molecule has 0 saturated heterocycles. The quantitative estimate of drug-likeness (QED) is 0.0326. The van der Waals surface area contributed by atoms with Gasteiger partial charge in [-0.25, -0.2) is 14.4 Å². The van der Waals surface area contributed by atoms with Crippen LogP contribution < -0.4 is 43.0 Å². The van der Waals surface area contributed by atoms with Gasteiger partial charge in [-0.05, 0) is 105 Å². The van der Waals surface area contributed by atoms with E-state index in [-0.39, 0.29) is 101 Å². The number of unbranched alkanes of at least 4 members (excludes halogenated alkanes) is 2.